The number of aliphatic carboxylic acids is 1. The molecule has 1 saturated heterocycles. The van der Waals surface area contributed by atoms with Crippen LogP contribution in [0.4, 0.5) is 0 Å². The molecule has 1 fully saturated rings. The fraction of sp³-hybridized carbons (Fsp3) is 0.395. The minimum absolute atomic E-state index is 0.108. The smallest absolute Gasteiger partial charge is 0.332 e. The highest BCUT2D eigenvalue weighted by atomic mass is 16.4. The Morgan fingerprint density at radius 2 is 1.42 bits per heavy atom. The quantitative estimate of drug-likeness (QED) is 0.162. The van der Waals surface area contributed by atoms with Gasteiger partial charge in [0.1, 0.15) is 6.54 Å². The molecule has 5 aromatic rings. The van der Waals surface area contributed by atoms with Crippen molar-refractivity contribution in [2.24, 2.45) is 19.8 Å². The zero-order valence-electron chi connectivity index (χ0n) is 32.8. The number of hydrogen-bond donors (Lipinski definition) is 3. The third-order valence-corrected chi connectivity index (χ3v) is 9.45. The summed E-state index contributed by atoms with van der Waals surface area (Å²) in [4.78, 5) is 43.1. The van der Waals surface area contributed by atoms with Crippen LogP contribution in [-0.2, 0) is 25.4 Å². The van der Waals surface area contributed by atoms with E-state index < -0.39 is 22.8 Å². The number of aryl methyl sites for hydroxylation is 1. The number of benzene rings is 3. The van der Waals surface area contributed by atoms with E-state index in [1.807, 2.05) is 20.8 Å². The van der Waals surface area contributed by atoms with Crippen LogP contribution in [0.15, 0.2) is 113 Å². The summed E-state index contributed by atoms with van der Waals surface area (Å²) in [5, 5.41) is 18.0. The van der Waals surface area contributed by atoms with Crippen LogP contribution < -0.4 is 17.0 Å². The Labute approximate surface area is 323 Å². The second-order valence-corrected chi connectivity index (χ2v) is 14.7. The van der Waals surface area contributed by atoms with Gasteiger partial charge in [-0.05, 0) is 56.7 Å². The molecule has 3 aromatic carbocycles. The maximum atomic E-state index is 11.9. The first-order valence-electron chi connectivity index (χ1n) is 18.8. The molecule has 1 aliphatic rings. The van der Waals surface area contributed by atoms with E-state index in [1.165, 1.54) is 46.2 Å². The number of nitrogens with two attached hydrogens (primary N) is 1. The van der Waals surface area contributed by atoms with Gasteiger partial charge in [-0.15, -0.1) is 0 Å². The van der Waals surface area contributed by atoms with Crippen LogP contribution in [0.2, 0.25) is 0 Å². The first-order chi connectivity index (χ1) is 26.2. The molecule has 0 radical (unpaired) electrons. The fourth-order valence-corrected chi connectivity index (χ4v) is 6.51. The molecule has 3 heterocycles. The van der Waals surface area contributed by atoms with Crippen LogP contribution in [0.5, 0.6) is 0 Å². The van der Waals surface area contributed by atoms with E-state index in [-0.39, 0.29) is 23.8 Å². The van der Waals surface area contributed by atoms with E-state index in [4.69, 9.17) is 10.8 Å². The second kappa shape index (κ2) is 20.5. The Morgan fingerprint density at radius 3 is 1.93 bits per heavy atom. The zero-order chi connectivity index (χ0) is 40.0. The van der Waals surface area contributed by atoms with Crippen LogP contribution in [0.1, 0.15) is 62.8 Å². The Bertz CT molecular complexity index is 2020. The van der Waals surface area contributed by atoms with Gasteiger partial charge in [-0.1, -0.05) is 103 Å². The molecule has 0 bridgehead atoms. The molecule has 12 nitrogen and oxygen atoms in total. The van der Waals surface area contributed by atoms with Crippen LogP contribution in [0.3, 0.4) is 0 Å². The molecule has 4 N–H and O–H groups in total. The number of piperazine rings is 1. The first kappa shape index (κ1) is 42.6. The largest absolute Gasteiger partial charge is 0.480 e. The van der Waals surface area contributed by atoms with Gasteiger partial charge < -0.3 is 20.5 Å². The SMILES string of the molecule is C(=C\c1ccccc1)/CN1CCN(C(c2ccccc2)c2ccccc2)CC1.CC(N)CCCC(C)(C)O.Cn1c(=O)c2c(ncn2CC(=O)O)n(C)c1=O. The van der Waals surface area contributed by atoms with Gasteiger partial charge in [0.2, 0.25) is 0 Å². The fourth-order valence-electron chi connectivity index (χ4n) is 6.51. The van der Waals surface area contributed by atoms with Crippen molar-refractivity contribution in [2.45, 2.75) is 64.3 Å². The van der Waals surface area contributed by atoms with Crippen LogP contribution in [-0.4, -0.2) is 89.0 Å². The van der Waals surface area contributed by atoms with Gasteiger partial charge in [0.25, 0.3) is 5.56 Å². The van der Waals surface area contributed by atoms with Crippen molar-refractivity contribution in [1.82, 2.24) is 28.5 Å². The summed E-state index contributed by atoms with van der Waals surface area (Å²) in [7, 11) is 2.81. The lowest BCUT2D eigenvalue weighted by molar-refractivity contribution is -0.137. The summed E-state index contributed by atoms with van der Waals surface area (Å²) in [6, 6.07) is 33.0. The number of aromatic nitrogens is 4. The van der Waals surface area contributed by atoms with Crippen molar-refractivity contribution < 1.29 is 15.0 Å². The van der Waals surface area contributed by atoms with E-state index in [0.29, 0.717) is 6.04 Å². The van der Waals surface area contributed by atoms with Gasteiger partial charge in [0.15, 0.2) is 11.2 Å². The molecule has 12 heteroatoms. The lowest BCUT2D eigenvalue weighted by Gasteiger charge is -2.39. The Balaban J connectivity index is 0.000000211. The van der Waals surface area contributed by atoms with E-state index in [9.17, 15) is 19.5 Å². The first-order valence-corrected chi connectivity index (χ1v) is 18.8. The highest BCUT2D eigenvalue weighted by Gasteiger charge is 2.26. The molecule has 1 unspecified atom stereocenters. The molecule has 0 saturated carbocycles. The van der Waals surface area contributed by atoms with Crippen LogP contribution in [0.25, 0.3) is 17.2 Å². The van der Waals surface area contributed by atoms with Gasteiger partial charge >= 0.3 is 11.7 Å². The topological polar surface area (TPSA) is 152 Å². The predicted molar refractivity (Wildman–Crippen MR) is 220 cm³/mol. The molecule has 6 rings (SSSR count). The monoisotopic (exact) mass is 751 g/mol. The molecule has 55 heavy (non-hydrogen) atoms. The van der Waals surface area contributed by atoms with E-state index in [2.05, 4.69) is 118 Å². The van der Waals surface area contributed by atoms with Gasteiger partial charge in [0.05, 0.1) is 18.0 Å². The molecule has 0 aliphatic carbocycles. The van der Waals surface area contributed by atoms with Gasteiger partial charge in [-0.3, -0.25) is 28.5 Å². The van der Waals surface area contributed by atoms with Gasteiger partial charge in [-0.2, -0.15) is 0 Å². The summed E-state index contributed by atoms with van der Waals surface area (Å²) in [5.74, 6) is -1.08. The summed E-state index contributed by atoms with van der Waals surface area (Å²) >= 11 is 0. The lowest BCUT2D eigenvalue weighted by atomic mass is 9.96. The highest BCUT2D eigenvalue weighted by Crippen LogP contribution is 2.29. The molecular formula is C43H57N7O5. The second-order valence-electron chi connectivity index (χ2n) is 14.7. The molecule has 0 spiro atoms. The minimum atomic E-state index is -1.08. The maximum Gasteiger partial charge on any atom is 0.332 e. The molecule has 1 aliphatic heterocycles. The summed E-state index contributed by atoms with van der Waals surface area (Å²) in [6.07, 6.45) is 8.61. The summed E-state index contributed by atoms with van der Waals surface area (Å²) in [6.45, 7) is 10.7. The average Bonchev–Trinajstić information content (AvgIpc) is 3.58. The average molecular weight is 752 g/mol. The van der Waals surface area contributed by atoms with Crippen LogP contribution >= 0.6 is 0 Å². The number of imidazole rings is 1. The molecular weight excluding hydrogens is 695 g/mol. The maximum absolute atomic E-state index is 11.9. The van der Waals surface area contributed by atoms with E-state index in [1.54, 1.807) is 0 Å². The Hall–Kier alpha value is -5.14. The number of carbonyl (C=O) groups is 1. The van der Waals surface area contributed by atoms with Gasteiger partial charge in [0, 0.05) is 52.9 Å². The van der Waals surface area contributed by atoms with Gasteiger partial charge in [-0.25, -0.2) is 9.78 Å². The third kappa shape index (κ3) is 13.0. The number of carboxylic acids is 1. The predicted octanol–water partition coefficient (Wildman–Crippen LogP) is 4.90. The third-order valence-electron chi connectivity index (χ3n) is 9.45. The van der Waals surface area contributed by atoms with Crippen molar-refractivity contribution >= 4 is 23.2 Å². The van der Waals surface area contributed by atoms with E-state index >= 15 is 0 Å². The number of fused-ring (bicyclic) bond motifs is 1. The Morgan fingerprint density at radius 1 is 0.873 bits per heavy atom. The highest BCUT2D eigenvalue weighted by molar-refractivity contribution is 5.74. The van der Waals surface area contributed by atoms with Crippen molar-refractivity contribution in [3.8, 4) is 0 Å². The molecule has 0 amide bonds. The summed E-state index contributed by atoms with van der Waals surface area (Å²) in [5.41, 5.74) is 8.29. The Kier molecular flexibility index (Phi) is 15.9. The molecule has 2 aromatic heterocycles. The molecule has 1 atom stereocenters. The van der Waals surface area contributed by atoms with Crippen molar-refractivity contribution in [2.75, 3.05) is 32.7 Å². The number of nitrogens with zero attached hydrogens (tertiary/aromatic N) is 6. The summed E-state index contributed by atoms with van der Waals surface area (Å²) < 4.78 is 3.33. The lowest BCUT2D eigenvalue weighted by Crippen LogP contribution is -2.47. The minimum Gasteiger partial charge on any atom is -0.480 e. The van der Waals surface area contributed by atoms with Crippen molar-refractivity contribution in [3.05, 3.63) is 141 Å². The molecule has 294 valence electrons. The van der Waals surface area contributed by atoms with Crippen molar-refractivity contribution in [3.63, 3.8) is 0 Å². The van der Waals surface area contributed by atoms with Crippen LogP contribution in [0, 0.1) is 0 Å². The number of aliphatic hydroxyl groups is 1. The number of hydrogen-bond acceptors (Lipinski definition) is 8. The zero-order valence-corrected chi connectivity index (χ0v) is 32.8. The van der Waals surface area contributed by atoms with Crippen molar-refractivity contribution in [1.29, 1.82) is 0 Å². The van der Waals surface area contributed by atoms with E-state index in [0.717, 1.165) is 56.6 Å². The normalized spacial score (nSPS) is 14.3. The standard InChI is InChI=1S/C26H28N2.C9H10N4O4.C8H19NO/c1-4-11-23(12-5-1)13-10-18-27-19-21-28(22-20-27)26(24-14-6-2-7-15-24)25-16-8-3-9-17-25;1-11-7-6(8(16)12(2)9(11)17)13(4-10-7)3-5(14)15;1-7(9)5-4-6-8(2,3)10/h1-17,26H,18-22H2;4H,3H2,1-2H3,(H,14,15);7,10H,4-6,9H2,1-3H3/b13-10+;;. The number of rotatable bonds is 12. The number of carboxylic acid groups (broad SMARTS) is 1.